The first-order valence-electron chi connectivity index (χ1n) is 12.1. The summed E-state index contributed by atoms with van der Waals surface area (Å²) in [5.74, 6) is 1.00. The number of aliphatic hydroxyl groups excluding tert-OH is 2. The van der Waals surface area contributed by atoms with Crippen LogP contribution in [0.1, 0.15) is 30.5 Å². The second-order valence-corrected chi connectivity index (χ2v) is 8.73. The van der Waals surface area contributed by atoms with Crippen LogP contribution in [-0.2, 0) is 19.8 Å². The predicted molar refractivity (Wildman–Crippen MR) is 141 cm³/mol. The van der Waals surface area contributed by atoms with Crippen LogP contribution in [0.4, 0.5) is 5.69 Å². The van der Waals surface area contributed by atoms with Crippen molar-refractivity contribution < 1.29 is 19.4 Å². The molecule has 1 aliphatic carbocycles. The fourth-order valence-corrected chi connectivity index (χ4v) is 4.59. The van der Waals surface area contributed by atoms with E-state index in [4.69, 9.17) is 14.1 Å². The summed E-state index contributed by atoms with van der Waals surface area (Å²) < 4.78 is 12.2. The summed E-state index contributed by atoms with van der Waals surface area (Å²) >= 11 is 0. The Morgan fingerprint density at radius 1 is 0.861 bits per heavy atom. The van der Waals surface area contributed by atoms with Gasteiger partial charge in [-0.15, -0.1) is 0 Å². The van der Waals surface area contributed by atoms with Crippen LogP contribution in [0.25, 0.3) is 33.3 Å². The number of fused-ring (bicyclic) bond motifs is 4. The molecule has 7 nitrogen and oxygen atoms in total. The van der Waals surface area contributed by atoms with E-state index in [1.807, 2.05) is 30.3 Å². The molecule has 0 saturated carbocycles. The summed E-state index contributed by atoms with van der Waals surface area (Å²) in [6.07, 6.45) is 0. The lowest BCUT2D eigenvalue weighted by atomic mass is 10.0. The van der Waals surface area contributed by atoms with Gasteiger partial charge in [0.1, 0.15) is 23.6 Å². The van der Waals surface area contributed by atoms with E-state index >= 15 is 0 Å². The van der Waals surface area contributed by atoms with Gasteiger partial charge < -0.3 is 24.3 Å². The molecule has 0 saturated heterocycles. The zero-order chi connectivity index (χ0) is 25.2. The summed E-state index contributed by atoms with van der Waals surface area (Å²) in [6.45, 7) is 5.99. The van der Waals surface area contributed by atoms with Crippen molar-refractivity contribution in [3.8, 4) is 17.2 Å². The highest BCUT2D eigenvalue weighted by atomic mass is 16.5. The van der Waals surface area contributed by atoms with Crippen molar-refractivity contribution in [3.63, 3.8) is 0 Å². The summed E-state index contributed by atoms with van der Waals surface area (Å²) in [6, 6.07) is 18.2. The molecule has 36 heavy (non-hydrogen) atoms. The number of aromatic nitrogens is 1. The maximum Gasteiger partial charge on any atom is 0.190 e. The number of aliphatic hydroxyl groups is 2. The smallest absolute Gasteiger partial charge is 0.190 e. The molecule has 0 atom stereocenters. The summed E-state index contributed by atoms with van der Waals surface area (Å²) in [5, 5.41) is 20.2. The first-order chi connectivity index (χ1) is 17.5. The first-order valence-corrected chi connectivity index (χ1v) is 12.1. The fourth-order valence-electron chi connectivity index (χ4n) is 4.59. The van der Waals surface area contributed by atoms with Gasteiger partial charge in [-0.05, 0) is 60.9 Å². The number of hydrogen-bond donors (Lipinski definition) is 2. The van der Waals surface area contributed by atoms with Crippen molar-refractivity contribution >= 4 is 27.6 Å². The zero-order valence-corrected chi connectivity index (χ0v) is 20.3. The molecule has 184 valence electrons. The topological polar surface area (TPSA) is 96.0 Å². The van der Waals surface area contributed by atoms with E-state index in [2.05, 4.69) is 18.7 Å². The van der Waals surface area contributed by atoms with Crippen molar-refractivity contribution in [2.45, 2.75) is 33.7 Å². The molecule has 1 heterocycles. The Kier molecular flexibility index (Phi) is 6.59. The molecular formula is C29H28N2O5. The van der Waals surface area contributed by atoms with Crippen molar-refractivity contribution in [1.82, 2.24) is 4.98 Å². The van der Waals surface area contributed by atoms with Crippen LogP contribution in [0.15, 0.2) is 69.9 Å². The summed E-state index contributed by atoms with van der Waals surface area (Å²) in [5.41, 5.74) is 5.09. The van der Waals surface area contributed by atoms with E-state index in [9.17, 15) is 15.0 Å². The van der Waals surface area contributed by atoms with E-state index in [0.29, 0.717) is 50.2 Å². The average Bonchev–Trinajstić information content (AvgIpc) is 2.91. The maximum atomic E-state index is 12.8. The predicted octanol–water partition coefficient (Wildman–Crippen LogP) is 4.86. The molecule has 0 bridgehead atoms. The molecule has 3 aromatic rings. The fraction of sp³-hybridized carbons (Fsp3) is 0.241. The minimum absolute atomic E-state index is 0.116. The SMILES string of the molecule is CCN(CC)c1ccc2nc3c4cc(OCc5cc(CO)cc(CO)c5)ccc4c(=O)cc-3oc2c1. The molecule has 3 aromatic carbocycles. The second kappa shape index (κ2) is 9.97. The highest BCUT2D eigenvalue weighted by Gasteiger charge is 2.17. The molecule has 0 amide bonds. The van der Waals surface area contributed by atoms with Crippen molar-refractivity contribution in [2.24, 2.45) is 0 Å². The average molecular weight is 485 g/mol. The standard InChI is InChI=1S/C29H28N2O5/c1-3-31(4-2)21-5-8-25-27(12-21)36-28-14-26(34)23-7-6-22(13-24(23)29(28)30-25)35-17-20-10-18(15-32)9-19(11-20)16-33/h5-14,32-33H,3-4,15-17H2,1-2H3. The quantitative estimate of drug-likeness (QED) is 0.240. The molecule has 0 unspecified atom stereocenters. The van der Waals surface area contributed by atoms with Crippen molar-refractivity contribution in [2.75, 3.05) is 18.0 Å². The molecule has 2 N–H and O–H groups in total. The van der Waals surface area contributed by atoms with Crippen molar-refractivity contribution in [3.05, 3.63) is 87.6 Å². The highest BCUT2D eigenvalue weighted by molar-refractivity contribution is 5.97. The number of anilines is 1. The molecule has 0 radical (unpaired) electrons. The van der Waals surface area contributed by atoms with Crippen LogP contribution < -0.4 is 15.1 Å². The minimum Gasteiger partial charge on any atom is -0.489 e. The van der Waals surface area contributed by atoms with E-state index < -0.39 is 0 Å². The lowest BCUT2D eigenvalue weighted by Gasteiger charge is -2.21. The lowest BCUT2D eigenvalue weighted by molar-refractivity contribution is 0.273. The molecule has 0 aromatic heterocycles. The number of ether oxygens (including phenoxy) is 1. The molecule has 0 fully saturated rings. The van der Waals surface area contributed by atoms with E-state index in [0.717, 1.165) is 24.3 Å². The van der Waals surface area contributed by atoms with Gasteiger partial charge in [0.2, 0.25) is 0 Å². The van der Waals surface area contributed by atoms with Gasteiger partial charge in [0.25, 0.3) is 0 Å². The monoisotopic (exact) mass is 484 g/mol. The molecule has 7 heteroatoms. The van der Waals surface area contributed by atoms with E-state index in [1.54, 1.807) is 24.3 Å². The third-order valence-corrected chi connectivity index (χ3v) is 6.41. The van der Waals surface area contributed by atoms with Crippen LogP contribution in [0.2, 0.25) is 0 Å². The molecule has 1 aliphatic heterocycles. The lowest BCUT2D eigenvalue weighted by Crippen LogP contribution is -2.21. The third-order valence-electron chi connectivity index (χ3n) is 6.41. The Labute approximate surface area is 208 Å². The highest BCUT2D eigenvalue weighted by Crippen LogP contribution is 2.33. The first kappa shape index (κ1) is 23.8. The Hall–Kier alpha value is -3.94. The third kappa shape index (κ3) is 4.51. The van der Waals surface area contributed by atoms with Crippen LogP contribution in [-0.4, -0.2) is 28.3 Å². The van der Waals surface area contributed by atoms with E-state index in [1.165, 1.54) is 6.07 Å². The maximum absolute atomic E-state index is 12.8. The Balaban J connectivity index is 1.54. The zero-order valence-electron chi connectivity index (χ0n) is 20.3. The van der Waals surface area contributed by atoms with Gasteiger partial charge in [-0.2, -0.15) is 0 Å². The number of benzene rings is 4. The summed E-state index contributed by atoms with van der Waals surface area (Å²) in [4.78, 5) is 19.9. The second-order valence-electron chi connectivity index (χ2n) is 8.73. The molecule has 2 aliphatic rings. The van der Waals surface area contributed by atoms with Gasteiger partial charge in [0.15, 0.2) is 16.8 Å². The minimum atomic E-state index is -0.142. The van der Waals surface area contributed by atoms with Gasteiger partial charge in [-0.25, -0.2) is 4.98 Å². The summed E-state index contributed by atoms with van der Waals surface area (Å²) in [7, 11) is 0. The van der Waals surface area contributed by atoms with Gasteiger partial charge in [-0.1, -0.05) is 18.2 Å². The Bertz CT molecular complexity index is 1550. The van der Waals surface area contributed by atoms with Gasteiger partial charge in [0, 0.05) is 41.7 Å². The van der Waals surface area contributed by atoms with E-state index in [-0.39, 0.29) is 25.2 Å². The number of nitrogens with zero attached hydrogens (tertiary/aromatic N) is 2. The van der Waals surface area contributed by atoms with Crippen LogP contribution in [0, 0.1) is 0 Å². The Morgan fingerprint density at radius 3 is 2.28 bits per heavy atom. The molecule has 0 spiro atoms. The van der Waals surface area contributed by atoms with Gasteiger partial charge >= 0.3 is 0 Å². The largest absolute Gasteiger partial charge is 0.489 e. The molecule has 5 rings (SSSR count). The van der Waals surface area contributed by atoms with Crippen LogP contribution in [0.5, 0.6) is 5.75 Å². The normalized spacial score (nSPS) is 11.4. The van der Waals surface area contributed by atoms with Gasteiger partial charge in [-0.3, -0.25) is 4.79 Å². The Morgan fingerprint density at radius 2 is 1.58 bits per heavy atom. The number of hydrogen-bond acceptors (Lipinski definition) is 7. The van der Waals surface area contributed by atoms with Gasteiger partial charge in [0.05, 0.1) is 13.2 Å². The van der Waals surface area contributed by atoms with Crippen LogP contribution in [0.3, 0.4) is 0 Å². The molecular weight excluding hydrogens is 456 g/mol. The number of rotatable bonds is 8. The van der Waals surface area contributed by atoms with Crippen molar-refractivity contribution in [1.29, 1.82) is 0 Å². The van der Waals surface area contributed by atoms with Crippen LogP contribution >= 0.6 is 0 Å².